The van der Waals surface area contributed by atoms with Gasteiger partial charge in [0.1, 0.15) is 42.7 Å². The Morgan fingerprint density at radius 2 is 0.812 bits per heavy atom. The van der Waals surface area contributed by atoms with Gasteiger partial charge < -0.3 is 39.9 Å². The van der Waals surface area contributed by atoms with Gasteiger partial charge in [-0.1, -0.05) is 204 Å². The molecule has 69 heavy (non-hydrogen) atoms. The second-order valence-electron chi connectivity index (χ2n) is 19.4. The van der Waals surface area contributed by atoms with E-state index in [4.69, 9.17) is 18.5 Å². The molecule has 0 aromatic rings. The molecule has 0 aliphatic heterocycles. The van der Waals surface area contributed by atoms with E-state index < -0.39 is 63.1 Å². The van der Waals surface area contributed by atoms with Crippen molar-refractivity contribution >= 4 is 13.8 Å². The summed E-state index contributed by atoms with van der Waals surface area (Å²) in [6.07, 6.45) is 46.0. The first kappa shape index (κ1) is 65.3. The number of hydrogen-bond acceptors (Lipinski definition) is 11. The number of phosphoric ester groups is 1. The maximum atomic E-state index is 12.9. The molecule has 6 N–H and O–H groups in total. The number of unbranched alkanes of at least 4 members (excludes halogenated alkanes) is 28. The Bertz CT molecular complexity index is 1320. The average Bonchev–Trinajstić information content (AvgIpc) is 3.34. The van der Waals surface area contributed by atoms with E-state index in [1.807, 2.05) is 0 Å². The lowest BCUT2D eigenvalue weighted by atomic mass is 9.85. The molecule has 1 fully saturated rings. The van der Waals surface area contributed by atoms with Gasteiger partial charge in [-0.25, -0.2) is 4.57 Å². The van der Waals surface area contributed by atoms with E-state index in [1.165, 1.54) is 148 Å². The fourth-order valence-corrected chi connectivity index (χ4v) is 9.45. The van der Waals surface area contributed by atoms with Crippen LogP contribution in [-0.4, -0.2) is 98.9 Å². The second-order valence-corrected chi connectivity index (χ2v) is 20.8. The van der Waals surface area contributed by atoms with Crippen LogP contribution in [0.2, 0.25) is 0 Å². The zero-order valence-corrected chi connectivity index (χ0v) is 44.5. The number of phosphoric acid groups is 1. The first-order valence-corrected chi connectivity index (χ1v) is 29.5. The molecule has 0 spiro atoms. The highest BCUT2D eigenvalue weighted by molar-refractivity contribution is 7.47. The third-order valence-corrected chi connectivity index (χ3v) is 13.9. The first-order chi connectivity index (χ1) is 33.5. The number of esters is 1. The van der Waals surface area contributed by atoms with Crippen LogP contribution >= 0.6 is 7.82 Å². The minimum absolute atomic E-state index is 0.0818. The van der Waals surface area contributed by atoms with E-state index in [-0.39, 0.29) is 13.0 Å². The Labute approximate surface area is 420 Å². The Hall–Kier alpha value is -1.70. The molecule has 0 aromatic heterocycles. The molecule has 1 saturated carbocycles. The fraction of sp³-hybridized carbons (Fsp3) is 0.839. The molecule has 1 aliphatic rings. The monoisotopic (exact) mass is 999 g/mol. The molecule has 1 aliphatic carbocycles. The van der Waals surface area contributed by atoms with Crippen molar-refractivity contribution in [3.8, 4) is 0 Å². The van der Waals surface area contributed by atoms with Crippen LogP contribution in [0.4, 0.5) is 0 Å². The van der Waals surface area contributed by atoms with Gasteiger partial charge in [0.05, 0.1) is 13.2 Å². The summed E-state index contributed by atoms with van der Waals surface area (Å²) in [7, 11) is -5.03. The van der Waals surface area contributed by atoms with Crippen molar-refractivity contribution in [2.75, 3.05) is 19.8 Å². The van der Waals surface area contributed by atoms with Crippen LogP contribution in [0, 0.1) is 0 Å². The number of carbonyl (C=O) groups is 1. The number of allylic oxidation sites excluding steroid dienone is 8. The number of aliphatic hydroxyl groups excluding tert-OH is 5. The molecule has 6 atom stereocenters. The molecule has 1 rings (SSSR count). The van der Waals surface area contributed by atoms with Crippen molar-refractivity contribution in [3.05, 3.63) is 48.6 Å². The quantitative estimate of drug-likeness (QED) is 0.0146. The molecule has 0 heterocycles. The van der Waals surface area contributed by atoms with Crippen LogP contribution in [0.1, 0.15) is 239 Å². The highest BCUT2D eigenvalue weighted by Gasteiger charge is 2.51. The van der Waals surface area contributed by atoms with Gasteiger partial charge in [-0.2, -0.15) is 0 Å². The van der Waals surface area contributed by atoms with Gasteiger partial charge in [-0.15, -0.1) is 0 Å². The molecule has 0 bridgehead atoms. The van der Waals surface area contributed by atoms with Crippen molar-refractivity contribution in [1.82, 2.24) is 0 Å². The Kier molecular flexibility index (Phi) is 43.6. The maximum Gasteiger partial charge on any atom is 0.472 e. The third kappa shape index (κ3) is 37.7. The normalized spacial score (nSPS) is 21.3. The van der Waals surface area contributed by atoms with Gasteiger partial charge in [0.15, 0.2) is 0 Å². The Balaban J connectivity index is 2.31. The van der Waals surface area contributed by atoms with Crippen molar-refractivity contribution in [2.24, 2.45) is 0 Å². The van der Waals surface area contributed by atoms with E-state index in [0.717, 1.165) is 64.2 Å². The molecule has 0 radical (unpaired) electrons. The summed E-state index contributed by atoms with van der Waals surface area (Å²) in [6, 6.07) is 0. The molecule has 12 nitrogen and oxygen atoms in total. The summed E-state index contributed by atoms with van der Waals surface area (Å²) in [5.74, 6) is -0.484. The molecular formula is C56H103O12P. The summed E-state index contributed by atoms with van der Waals surface area (Å²) in [6.45, 7) is 4.26. The molecule has 404 valence electrons. The minimum atomic E-state index is -5.03. The van der Waals surface area contributed by atoms with Crippen molar-refractivity contribution < 1.29 is 58.3 Å². The van der Waals surface area contributed by atoms with E-state index in [1.54, 1.807) is 0 Å². The molecule has 13 heteroatoms. The number of rotatable bonds is 48. The van der Waals surface area contributed by atoms with Gasteiger partial charge in [0.25, 0.3) is 0 Å². The first-order valence-electron chi connectivity index (χ1n) is 28.0. The standard InChI is InChI=1S/C56H103O12P/c1-3-5-7-9-11-13-15-17-19-21-23-24-25-26-27-29-31-33-35-37-39-41-43-45-50(57)67-49(48-66-69(63,64)68-56-54(61)52(59)51(58)53(60)55(56)62)47-65-46-44-42-40-38-36-34-32-30-28-22-20-18-16-14-12-10-8-6-4-2/h15,17,20-23,25-26,49,51-56,58-62H,3-14,16,18-19,24,27-48H2,1-2H3,(H,63,64)/b17-15-,22-20-,23-21-,26-25-. The molecule has 0 amide bonds. The predicted molar refractivity (Wildman–Crippen MR) is 281 cm³/mol. The lowest BCUT2D eigenvalue weighted by molar-refractivity contribution is -0.220. The summed E-state index contributed by atoms with van der Waals surface area (Å²) in [5.41, 5.74) is 0. The van der Waals surface area contributed by atoms with E-state index in [9.17, 15) is 39.8 Å². The van der Waals surface area contributed by atoms with Crippen molar-refractivity contribution in [1.29, 1.82) is 0 Å². The number of aliphatic hydroxyl groups is 5. The van der Waals surface area contributed by atoms with Gasteiger partial charge in [0, 0.05) is 13.0 Å². The summed E-state index contributed by atoms with van der Waals surface area (Å²) < 4.78 is 34.4. The van der Waals surface area contributed by atoms with Crippen LogP contribution in [-0.2, 0) is 27.9 Å². The number of carbonyl (C=O) groups excluding carboxylic acids is 1. The maximum absolute atomic E-state index is 12.9. The van der Waals surface area contributed by atoms with Gasteiger partial charge in [-0.05, 0) is 77.0 Å². The van der Waals surface area contributed by atoms with Crippen LogP contribution < -0.4 is 0 Å². The molecular weight excluding hydrogens is 896 g/mol. The highest BCUT2D eigenvalue weighted by atomic mass is 31.2. The van der Waals surface area contributed by atoms with Crippen molar-refractivity contribution in [3.63, 3.8) is 0 Å². The fourth-order valence-electron chi connectivity index (χ4n) is 8.48. The van der Waals surface area contributed by atoms with E-state index in [0.29, 0.717) is 13.0 Å². The minimum Gasteiger partial charge on any atom is -0.457 e. The lowest BCUT2D eigenvalue weighted by Crippen LogP contribution is -2.64. The molecule has 6 unspecified atom stereocenters. The largest absolute Gasteiger partial charge is 0.472 e. The number of hydrogen-bond donors (Lipinski definition) is 6. The SMILES string of the molecule is CCCCCCC/C=C\C/C=C\C/C=C\CCCCCCCCCCC(=O)OC(COCCCCCCCCCC/C=C\CCCCCCCCC)COP(=O)(O)OC1C(O)C(O)C(O)C(O)C1O. The molecule has 0 saturated heterocycles. The van der Waals surface area contributed by atoms with Crippen LogP contribution in [0.15, 0.2) is 48.6 Å². The van der Waals surface area contributed by atoms with E-state index in [2.05, 4.69) is 62.5 Å². The highest BCUT2D eigenvalue weighted by Crippen LogP contribution is 2.47. The van der Waals surface area contributed by atoms with Crippen LogP contribution in [0.25, 0.3) is 0 Å². The summed E-state index contributed by atoms with van der Waals surface area (Å²) in [4.78, 5) is 23.3. The zero-order valence-electron chi connectivity index (χ0n) is 43.6. The lowest BCUT2D eigenvalue weighted by Gasteiger charge is -2.41. The second kappa shape index (κ2) is 46.1. The van der Waals surface area contributed by atoms with Gasteiger partial charge >= 0.3 is 13.8 Å². The third-order valence-electron chi connectivity index (χ3n) is 12.9. The smallest absolute Gasteiger partial charge is 0.457 e. The van der Waals surface area contributed by atoms with Crippen LogP contribution in [0.3, 0.4) is 0 Å². The Morgan fingerprint density at radius 1 is 0.464 bits per heavy atom. The van der Waals surface area contributed by atoms with Crippen molar-refractivity contribution in [2.45, 2.75) is 281 Å². The van der Waals surface area contributed by atoms with Gasteiger partial charge in [0.2, 0.25) is 0 Å². The average molecular weight is 999 g/mol. The zero-order chi connectivity index (χ0) is 50.5. The summed E-state index contributed by atoms with van der Waals surface area (Å²) in [5, 5.41) is 50.4. The number of ether oxygens (including phenoxy) is 2. The Morgan fingerprint density at radius 3 is 1.25 bits per heavy atom. The van der Waals surface area contributed by atoms with E-state index >= 15 is 0 Å². The van der Waals surface area contributed by atoms with Gasteiger partial charge in [-0.3, -0.25) is 13.8 Å². The topological polar surface area (TPSA) is 192 Å². The summed E-state index contributed by atoms with van der Waals surface area (Å²) >= 11 is 0. The van der Waals surface area contributed by atoms with Crippen LogP contribution in [0.5, 0.6) is 0 Å². The molecule has 0 aromatic carbocycles. The predicted octanol–water partition coefficient (Wildman–Crippen LogP) is 13.2.